The summed E-state index contributed by atoms with van der Waals surface area (Å²) in [4.78, 5) is 20.4. The van der Waals surface area contributed by atoms with E-state index >= 15 is 0 Å². The minimum atomic E-state index is -0.804. The van der Waals surface area contributed by atoms with Gasteiger partial charge in [0.2, 0.25) is 0 Å². The van der Waals surface area contributed by atoms with Crippen molar-refractivity contribution in [3.63, 3.8) is 0 Å². The number of halogens is 2. The van der Waals surface area contributed by atoms with Crippen molar-refractivity contribution >= 4 is 27.9 Å². The summed E-state index contributed by atoms with van der Waals surface area (Å²) >= 11 is 2.97. The Morgan fingerprint density at radius 1 is 1.50 bits per heavy atom. The van der Waals surface area contributed by atoms with Gasteiger partial charge in [0.25, 0.3) is 0 Å². The minimum Gasteiger partial charge on any atom is -0.298 e. The fourth-order valence-corrected chi connectivity index (χ4v) is 1.22. The van der Waals surface area contributed by atoms with Gasteiger partial charge in [-0.25, -0.2) is 4.39 Å². The van der Waals surface area contributed by atoms with Gasteiger partial charge in [-0.3, -0.25) is 4.79 Å². The van der Waals surface area contributed by atoms with Crippen LogP contribution in [0.1, 0.15) is 10.4 Å². The van der Waals surface area contributed by atoms with Gasteiger partial charge in [0.15, 0.2) is 17.8 Å². The molecule has 0 fully saturated rings. The van der Waals surface area contributed by atoms with Crippen molar-refractivity contribution in [3.05, 3.63) is 32.9 Å². The second kappa shape index (κ2) is 3.53. The standard InChI is InChI=1S/C7H3BrFNO2/c8-5-1-4(3-11)7(10-12)6(9)2-5/h1-3H. The van der Waals surface area contributed by atoms with E-state index < -0.39 is 11.5 Å². The van der Waals surface area contributed by atoms with Crippen LogP contribution in [0.5, 0.6) is 0 Å². The monoisotopic (exact) mass is 231 g/mol. The second-order valence-electron chi connectivity index (χ2n) is 2.03. The summed E-state index contributed by atoms with van der Waals surface area (Å²) in [7, 11) is 0. The Morgan fingerprint density at radius 3 is 2.67 bits per heavy atom. The van der Waals surface area contributed by atoms with Crippen molar-refractivity contribution in [3.8, 4) is 0 Å². The number of hydrogen-bond donors (Lipinski definition) is 0. The Morgan fingerprint density at radius 2 is 2.17 bits per heavy atom. The zero-order valence-electron chi connectivity index (χ0n) is 5.75. The molecule has 0 aliphatic carbocycles. The van der Waals surface area contributed by atoms with E-state index in [1.807, 2.05) is 0 Å². The molecule has 0 N–H and O–H groups in total. The first-order chi connectivity index (χ1) is 5.69. The van der Waals surface area contributed by atoms with Gasteiger partial charge in [0, 0.05) is 10.0 Å². The molecular formula is C7H3BrFNO2. The molecule has 0 atom stereocenters. The van der Waals surface area contributed by atoms with E-state index in [2.05, 4.69) is 21.1 Å². The summed E-state index contributed by atoms with van der Waals surface area (Å²) in [5, 5.41) is 2.40. The van der Waals surface area contributed by atoms with Crippen molar-refractivity contribution in [2.75, 3.05) is 0 Å². The number of benzene rings is 1. The van der Waals surface area contributed by atoms with Gasteiger partial charge in [-0.05, 0) is 17.3 Å². The highest BCUT2D eigenvalue weighted by atomic mass is 79.9. The fourth-order valence-electron chi connectivity index (χ4n) is 0.772. The molecular weight excluding hydrogens is 229 g/mol. The summed E-state index contributed by atoms with van der Waals surface area (Å²) in [5.41, 5.74) is -0.509. The maximum atomic E-state index is 12.8. The van der Waals surface area contributed by atoms with E-state index in [0.29, 0.717) is 10.8 Å². The lowest BCUT2D eigenvalue weighted by Gasteiger charge is -1.97. The third-order valence-corrected chi connectivity index (χ3v) is 1.73. The SMILES string of the molecule is O=Cc1cc(Br)cc(F)c1N=O. The second-order valence-corrected chi connectivity index (χ2v) is 2.95. The molecule has 0 aliphatic heterocycles. The highest BCUT2D eigenvalue weighted by Crippen LogP contribution is 2.25. The van der Waals surface area contributed by atoms with Crippen LogP contribution in [0.2, 0.25) is 0 Å². The number of aldehydes is 1. The van der Waals surface area contributed by atoms with Gasteiger partial charge in [0.1, 0.15) is 0 Å². The first-order valence-electron chi connectivity index (χ1n) is 2.96. The van der Waals surface area contributed by atoms with E-state index in [-0.39, 0.29) is 5.56 Å². The van der Waals surface area contributed by atoms with Crippen LogP contribution in [0.3, 0.4) is 0 Å². The zero-order chi connectivity index (χ0) is 9.14. The molecule has 0 heterocycles. The number of hydrogen-bond acceptors (Lipinski definition) is 3. The molecule has 0 spiro atoms. The summed E-state index contributed by atoms with van der Waals surface area (Å²) in [6, 6.07) is 2.40. The van der Waals surface area contributed by atoms with Crippen molar-refractivity contribution in [1.29, 1.82) is 0 Å². The normalized spacial score (nSPS) is 9.50. The highest BCUT2D eigenvalue weighted by molar-refractivity contribution is 9.10. The van der Waals surface area contributed by atoms with Crippen molar-refractivity contribution < 1.29 is 9.18 Å². The van der Waals surface area contributed by atoms with Crippen LogP contribution >= 0.6 is 15.9 Å². The van der Waals surface area contributed by atoms with Gasteiger partial charge >= 0.3 is 0 Å². The maximum Gasteiger partial charge on any atom is 0.154 e. The summed E-state index contributed by atoms with van der Waals surface area (Å²) in [6.45, 7) is 0. The van der Waals surface area contributed by atoms with Crippen LogP contribution in [0, 0.1) is 10.7 Å². The quantitative estimate of drug-likeness (QED) is 0.581. The molecule has 0 amide bonds. The molecule has 62 valence electrons. The third-order valence-electron chi connectivity index (χ3n) is 1.28. The van der Waals surface area contributed by atoms with Crippen molar-refractivity contribution in [2.24, 2.45) is 5.18 Å². The van der Waals surface area contributed by atoms with Crippen LogP contribution in [0.15, 0.2) is 21.8 Å². The van der Waals surface area contributed by atoms with Crippen LogP contribution in [-0.2, 0) is 0 Å². The molecule has 0 saturated heterocycles. The van der Waals surface area contributed by atoms with Crippen molar-refractivity contribution in [2.45, 2.75) is 0 Å². The third kappa shape index (κ3) is 1.55. The number of rotatable bonds is 2. The van der Waals surface area contributed by atoms with Gasteiger partial charge in [-0.2, -0.15) is 0 Å². The number of nitrogens with zero attached hydrogens (tertiary/aromatic N) is 1. The Hall–Kier alpha value is -1.10. The Labute approximate surface area is 75.7 Å². The molecule has 1 aromatic carbocycles. The van der Waals surface area contributed by atoms with Crippen LogP contribution in [-0.4, -0.2) is 6.29 Å². The summed E-state index contributed by atoms with van der Waals surface area (Å²) < 4.78 is 13.2. The molecule has 1 aromatic rings. The Bertz CT molecular complexity index is 340. The lowest BCUT2D eigenvalue weighted by Crippen LogP contribution is -1.85. The van der Waals surface area contributed by atoms with Crippen LogP contribution in [0.25, 0.3) is 0 Å². The number of carbonyl (C=O) groups is 1. The van der Waals surface area contributed by atoms with E-state index in [9.17, 15) is 14.1 Å². The average molecular weight is 232 g/mol. The molecule has 0 bridgehead atoms. The Kier molecular flexibility index (Phi) is 2.65. The molecule has 0 unspecified atom stereocenters. The smallest absolute Gasteiger partial charge is 0.154 e. The first-order valence-corrected chi connectivity index (χ1v) is 3.76. The van der Waals surface area contributed by atoms with Crippen molar-refractivity contribution in [1.82, 2.24) is 0 Å². The molecule has 3 nitrogen and oxygen atoms in total. The van der Waals surface area contributed by atoms with Gasteiger partial charge in [-0.1, -0.05) is 15.9 Å². The highest BCUT2D eigenvalue weighted by Gasteiger charge is 2.09. The molecule has 0 aromatic heterocycles. The van der Waals surface area contributed by atoms with E-state index in [4.69, 9.17) is 0 Å². The molecule has 12 heavy (non-hydrogen) atoms. The van der Waals surface area contributed by atoms with E-state index in [1.54, 1.807) is 0 Å². The minimum absolute atomic E-state index is 0.0584. The topological polar surface area (TPSA) is 46.5 Å². The zero-order valence-corrected chi connectivity index (χ0v) is 7.34. The molecule has 0 radical (unpaired) electrons. The summed E-state index contributed by atoms with van der Waals surface area (Å²) in [5.74, 6) is -0.804. The van der Waals surface area contributed by atoms with Gasteiger partial charge < -0.3 is 0 Å². The number of carbonyl (C=O) groups excluding carboxylic acids is 1. The average Bonchev–Trinajstić information content (AvgIpc) is 2.03. The maximum absolute atomic E-state index is 12.8. The summed E-state index contributed by atoms with van der Waals surface area (Å²) in [6.07, 6.45) is 0.380. The Balaban J connectivity index is 3.43. The molecule has 0 aliphatic rings. The predicted molar refractivity (Wildman–Crippen MR) is 44.9 cm³/mol. The first kappa shape index (κ1) is 8.99. The van der Waals surface area contributed by atoms with E-state index in [0.717, 1.165) is 6.07 Å². The number of nitroso groups, excluding NO2 is 1. The fraction of sp³-hybridized carbons (Fsp3) is 0. The van der Waals surface area contributed by atoms with Gasteiger partial charge in [-0.15, -0.1) is 4.91 Å². The molecule has 0 saturated carbocycles. The molecule has 1 rings (SSSR count). The van der Waals surface area contributed by atoms with Gasteiger partial charge in [0.05, 0.1) is 0 Å². The lowest BCUT2D eigenvalue weighted by molar-refractivity contribution is 0.112. The molecule has 5 heteroatoms. The van der Waals surface area contributed by atoms with Crippen LogP contribution < -0.4 is 0 Å². The predicted octanol–water partition coefficient (Wildman–Crippen LogP) is 2.80. The lowest BCUT2D eigenvalue weighted by atomic mass is 10.2. The largest absolute Gasteiger partial charge is 0.298 e. The van der Waals surface area contributed by atoms with E-state index in [1.165, 1.54) is 6.07 Å². The van der Waals surface area contributed by atoms with Crippen LogP contribution in [0.4, 0.5) is 10.1 Å².